The molecule has 35 heavy (non-hydrogen) atoms. The number of pyridine rings is 1. The van der Waals surface area contributed by atoms with Gasteiger partial charge in [-0.2, -0.15) is 0 Å². The summed E-state index contributed by atoms with van der Waals surface area (Å²) in [6.07, 6.45) is 1.88. The van der Waals surface area contributed by atoms with Crippen LogP contribution in [0.25, 0.3) is 11.0 Å². The predicted molar refractivity (Wildman–Crippen MR) is 133 cm³/mol. The number of nitrogens with one attached hydrogen (secondary N) is 1. The quantitative estimate of drug-likeness (QED) is 0.421. The highest BCUT2D eigenvalue weighted by atomic mass is 16.5. The van der Waals surface area contributed by atoms with Crippen LogP contribution in [0.1, 0.15) is 11.1 Å². The Hall–Kier alpha value is -4.40. The van der Waals surface area contributed by atoms with E-state index in [1.54, 1.807) is 44.6 Å². The molecule has 0 fully saturated rings. The van der Waals surface area contributed by atoms with Crippen molar-refractivity contribution in [2.24, 2.45) is 0 Å². The first-order chi connectivity index (χ1) is 16.9. The summed E-state index contributed by atoms with van der Waals surface area (Å²) >= 11 is 0. The second-order valence-corrected chi connectivity index (χ2v) is 8.00. The number of hydrogen-bond donors (Lipinski definition) is 1. The van der Waals surface area contributed by atoms with Crippen LogP contribution < -0.4 is 26.0 Å². The number of ether oxygens (including phenoxy) is 2. The van der Waals surface area contributed by atoms with Crippen molar-refractivity contribution in [1.82, 2.24) is 14.1 Å². The normalized spacial score (nSPS) is 10.8. The zero-order chi connectivity index (χ0) is 24.9. The number of carbonyl (C=O) groups excluding carboxylic acids is 1. The largest absolute Gasteiger partial charge is 0.493 e. The van der Waals surface area contributed by atoms with Crippen molar-refractivity contribution in [2.75, 3.05) is 19.5 Å². The maximum Gasteiger partial charge on any atom is 0.332 e. The lowest BCUT2D eigenvalue weighted by Gasteiger charge is -2.15. The summed E-state index contributed by atoms with van der Waals surface area (Å²) < 4.78 is 13.0. The van der Waals surface area contributed by atoms with E-state index in [1.807, 2.05) is 31.2 Å². The van der Waals surface area contributed by atoms with E-state index in [9.17, 15) is 14.4 Å². The lowest BCUT2D eigenvalue weighted by Crippen LogP contribution is -2.42. The number of benzene rings is 2. The molecule has 9 heteroatoms. The Morgan fingerprint density at radius 1 is 0.971 bits per heavy atom. The van der Waals surface area contributed by atoms with E-state index >= 15 is 0 Å². The molecule has 2 aromatic carbocycles. The summed E-state index contributed by atoms with van der Waals surface area (Å²) in [6.45, 7) is 1.74. The molecule has 4 rings (SSSR count). The molecule has 2 heterocycles. The third-order valence-electron chi connectivity index (χ3n) is 5.78. The maximum absolute atomic E-state index is 13.4. The Bertz CT molecular complexity index is 1510. The highest BCUT2D eigenvalue weighted by Crippen LogP contribution is 2.27. The van der Waals surface area contributed by atoms with E-state index in [4.69, 9.17) is 9.47 Å². The van der Waals surface area contributed by atoms with Crippen molar-refractivity contribution in [1.29, 1.82) is 0 Å². The van der Waals surface area contributed by atoms with Crippen molar-refractivity contribution in [3.05, 3.63) is 92.8 Å². The van der Waals surface area contributed by atoms with Crippen molar-refractivity contribution in [2.45, 2.75) is 26.4 Å². The Balaban J connectivity index is 1.67. The first-order valence-electron chi connectivity index (χ1n) is 11.1. The first kappa shape index (κ1) is 23.7. The Morgan fingerprint density at radius 3 is 2.49 bits per heavy atom. The topological polar surface area (TPSA) is 104 Å². The van der Waals surface area contributed by atoms with Gasteiger partial charge >= 0.3 is 5.69 Å². The van der Waals surface area contributed by atoms with Crippen LogP contribution in [0.5, 0.6) is 11.5 Å². The number of fused-ring (bicyclic) bond motifs is 1. The van der Waals surface area contributed by atoms with Crippen molar-refractivity contribution in [3.63, 3.8) is 0 Å². The highest BCUT2D eigenvalue weighted by molar-refractivity contribution is 5.92. The average molecular weight is 475 g/mol. The van der Waals surface area contributed by atoms with Gasteiger partial charge < -0.3 is 14.8 Å². The number of anilines is 1. The smallest absolute Gasteiger partial charge is 0.332 e. The predicted octanol–water partition coefficient (Wildman–Crippen LogP) is 2.77. The van der Waals surface area contributed by atoms with Crippen molar-refractivity contribution in [3.8, 4) is 11.5 Å². The zero-order valence-electron chi connectivity index (χ0n) is 19.8. The van der Waals surface area contributed by atoms with E-state index < -0.39 is 11.2 Å². The van der Waals surface area contributed by atoms with Crippen LogP contribution in [0.4, 0.5) is 5.69 Å². The number of para-hydroxylation sites is 1. The average Bonchev–Trinajstić information content (AvgIpc) is 2.87. The molecule has 0 unspecified atom stereocenters. The van der Waals surface area contributed by atoms with E-state index in [1.165, 1.54) is 10.8 Å². The van der Waals surface area contributed by atoms with Crippen LogP contribution >= 0.6 is 0 Å². The zero-order valence-corrected chi connectivity index (χ0v) is 19.8. The van der Waals surface area contributed by atoms with Crippen LogP contribution in [0.3, 0.4) is 0 Å². The molecule has 180 valence electrons. The van der Waals surface area contributed by atoms with E-state index in [0.717, 1.165) is 15.7 Å². The fourth-order valence-electron chi connectivity index (χ4n) is 3.92. The minimum Gasteiger partial charge on any atom is -0.493 e. The van der Waals surface area contributed by atoms with Crippen LogP contribution in [-0.4, -0.2) is 34.2 Å². The van der Waals surface area contributed by atoms with Gasteiger partial charge in [-0.15, -0.1) is 0 Å². The monoisotopic (exact) mass is 474 g/mol. The summed E-state index contributed by atoms with van der Waals surface area (Å²) in [5.74, 6) is 0.768. The number of nitrogens with zero attached hydrogens (tertiary/aromatic N) is 3. The molecule has 4 aromatic rings. The standard InChI is InChI=1S/C26H26N4O5/c1-17-7-4-5-8-19(17)28-23(31)16-30-20-9-6-13-27-24(20)25(32)29(26(30)33)14-12-18-10-11-21(34-2)22(15-18)35-3/h4-11,13,15H,12,14,16H2,1-3H3,(H,28,31). The Kier molecular flexibility index (Phi) is 6.96. The molecule has 0 spiro atoms. The van der Waals surface area contributed by atoms with E-state index in [0.29, 0.717) is 29.1 Å². The second-order valence-electron chi connectivity index (χ2n) is 8.00. The van der Waals surface area contributed by atoms with Crippen LogP contribution in [-0.2, 0) is 24.3 Å². The van der Waals surface area contributed by atoms with Crippen molar-refractivity contribution < 1.29 is 14.3 Å². The van der Waals surface area contributed by atoms with Gasteiger partial charge in [0.05, 0.1) is 19.7 Å². The Morgan fingerprint density at radius 2 is 1.74 bits per heavy atom. The summed E-state index contributed by atoms with van der Waals surface area (Å²) in [6, 6.07) is 16.0. The van der Waals surface area contributed by atoms with Gasteiger partial charge in [0.2, 0.25) is 5.91 Å². The molecule has 1 amide bonds. The second kappa shape index (κ2) is 10.3. The number of aromatic nitrogens is 3. The van der Waals surface area contributed by atoms with E-state index in [2.05, 4.69) is 10.3 Å². The SMILES string of the molecule is COc1ccc(CCn2c(=O)c3ncccc3n(CC(=O)Nc3ccccc3C)c2=O)cc1OC. The molecular formula is C26H26N4O5. The number of methoxy groups -OCH3 is 2. The molecule has 0 saturated carbocycles. The van der Waals surface area contributed by atoms with E-state index in [-0.39, 0.29) is 24.5 Å². The van der Waals surface area contributed by atoms with Crippen molar-refractivity contribution >= 4 is 22.6 Å². The fourth-order valence-corrected chi connectivity index (χ4v) is 3.92. The lowest BCUT2D eigenvalue weighted by atomic mass is 10.1. The van der Waals surface area contributed by atoms with Gasteiger partial charge in [0.1, 0.15) is 6.54 Å². The van der Waals surface area contributed by atoms with Gasteiger partial charge in [0, 0.05) is 18.4 Å². The van der Waals surface area contributed by atoms with Gasteiger partial charge in [0.25, 0.3) is 5.56 Å². The van der Waals surface area contributed by atoms with Crippen LogP contribution in [0.2, 0.25) is 0 Å². The third-order valence-corrected chi connectivity index (χ3v) is 5.78. The minimum absolute atomic E-state index is 0.110. The number of hydrogen-bond acceptors (Lipinski definition) is 6. The summed E-state index contributed by atoms with van der Waals surface area (Å²) in [4.78, 5) is 43.5. The number of aryl methyl sites for hydroxylation is 2. The number of rotatable bonds is 8. The number of carbonyl (C=O) groups is 1. The summed E-state index contributed by atoms with van der Waals surface area (Å²) in [5.41, 5.74) is 1.79. The molecule has 0 aliphatic heterocycles. The highest BCUT2D eigenvalue weighted by Gasteiger charge is 2.17. The maximum atomic E-state index is 13.4. The molecule has 2 aromatic heterocycles. The molecule has 9 nitrogen and oxygen atoms in total. The Labute approximate surface area is 201 Å². The molecule has 0 atom stereocenters. The molecule has 0 aliphatic carbocycles. The molecule has 1 N–H and O–H groups in total. The van der Waals surface area contributed by atoms with Gasteiger partial charge in [-0.05, 0) is 54.8 Å². The molecule has 0 aliphatic rings. The molecule has 0 bridgehead atoms. The lowest BCUT2D eigenvalue weighted by molar-refractivity contribution is -0.116. The third kappa shape index (κ3) is 4.93. The van der Waals surface area contributed by atoms with Gasteiger partial charge in [-0.3, -0.25) is 18.7 Å². The summed E-state index contributed by atoms with van der Waals surface area (Å²) in [7, 11) is 3.10. The van der Waals surface area contributed by atoms with Crippen LogP contribution in [0.15, 0.2) is 70.4 Å². The first-order valence-corrected chi connectivity index (χ1v) is 11.1. The molecule has 0 radical (unpaired) electrons. The molecular weight excluding hydrogens is 448 g/mol. The van der Waals surface area contributed by atoms with Gasteiger partial charge in [-0.25, -0.2) is 9.78 Å². The van der Waals surface area contributed by atoms with Gasteiger partial charge in [-0.1, -0.05) is 24.3 Å². The minimum atomic E-state index is -0.573. The van der Waals surface area contributed by atoms with Crippen LogP contribution in [0, 0.1) is 6.92 Å². The van der Waals surface area contributed by atoms with Gasteiger partial charge in [0.15, 0.2) is 17.0 Å². The summed E-state index contributed by atoms with van der Waals surface area (Å²) in [5, 5.41) is 2.83. The fraction of sp³-hybridized carbons (Fsp3) is 0.231. The molecule has 0 saturated heterocycles. The number of amides is 1.